The summed E-state index contributed by atoms with van der Waals surface area (Å²) in [5, 5.41) is 0. The van der Waals surface area contributed by atoms with E-state index in [0.717, 1.165) is 5.56 Å². The molecule has 0 spiro atoms. The van der Waals surface area contributed by atoms with E-state index in [1.807, 2.05) is 0 Å². The highest BCUT2D eigenvalue weighted by Gasteiger charge is 1.99. The molecule has 2 heterocycles. The molecule has 5 nitrogen and oxygen atoms in total. The van der Waals surface area contributed by atoms with Crippen molar-refractivity contribution in [3.8, 4) is 11.4 Å². The zero-order valence-corrected chi connectivity index (χ0v) is 6.75. The molecular formula is C8H7N5. The molecule has 0 atom stereocenters. The standard InChI is InChI=1S/C8H7N5/c9-7-3-12-8(13-4-7)6-1-10-5-11-2-6/h1-5H,9H2. The number of rotatable bonds is 1. The van der Waals surface area contributed by atoms with Gasteiger partial charge in [0, 0.05) is 12.4 Å². The Bertz CT molecular complexity index is 383. The first-order valence-electron chi connectivity index (χ1n) is 3.69. The van der Waals surface area contributed by atoms with E-state index >= 15 is 0 Å². The Hall–Kier alpha value is -2.04. The van der Waals surface area contributed by atoms with E-state index in [4.69, 9.17) is 5.73 Å². The van der Waals surface area contributed by atoms with Gasteiger partial charge < -0.3 is 5.73 Å². The Morgan fingerprint density at radius 2 is 1.54 bits per heavy atom. The topological polar surface area (TPSA) is 77.6 Å². The third kappa shape index (κ3) is 1.58. The van der Waals surface area contributed by atoms with Gasteiger partial charge >= 0.3 is 0 Å². The van der Waals surface area contributed by atoms with Crippen LogP contribution in [0.3, 0.4) is 0 Å². The lowest BCUT2D eigenvalue weighted by atomic mass is 10.3. The Balaban J connectivity index is 2.42. The van der Waals surface area contributed by atoms with Crippen LogP contribution in [0.4, 0.5) is 5.69 Å². The Kier molecular flexibility index (Phi) is 1.84. The molecule has 5 heteroatoms. The summed E-state index contributed by atoms with van der Waals surface area (Å²) in [6, 6.07) is 0. The molecule has 0 saturated heterocycles. The van der Waals surface area contributed by atoms with Gasteiger partial charge in [-0.15, -0.1) is 0 Å². The van der Waals surface area contributed by atoms with E-state index in [9.17, 15) is 0 Å². The third-order valence-corrected chi connectivity index (χ3v) is 1.49. The minimum absolute atomic E-state index is 0.542. The largest absolute Gasteiger partial charge is 0.396 e. The molecule has 2 aromatic rings. The summed E-state index contributed by atoms with van der Waals surface area (Å²) in [5.41, 5.74) is 6.77. The van der Waals surface area contributed by atoms with Crippen molar-refractivity contribution < 1.29 is 0 Å². The fourth-order valence-corrected chi connectivity index (χ4v) is 0.902. The molecule has 0 unspecified atom stereocenters. The number of nitrogens with two attached hydrogens (primary N) is 1. The summed E-state index contributed by atoms with van der Waals surface area (Å²) in [4.78, 5) is 15.8. The second-order valence-electron chi connectivity index (χ2n) is 2.47. The number of aromatic nitrogens is 4. The molecule has 0 aliphatic rings. The smallest absolute Gasteiger partial charge is 0.162 e. The summed E-state index contributed by atoms with van der Waals surface area (Å²) < 4.78 is 0. The van der Waals surface area contributed by atoms with Crippen LogP contribution < -0.4 is 5.73 Å². The van der Waals surface area contributed by atoms with Gasteiger partial charge in [0.15, 0.2) is 5.82 Å². The molecule has 2 N–H and O–H groups in total. The van der Waals surface area contributed by atoms with Crippen molar-refractivity contribution in [2.75, 3.05) is 5.73 Å². The highest BCUT2D eigenvalue weighted by Crippen LogP contribution is 2.10. The molecule has 2 rings (SSSR count). The maximum absolute atomic E-state index is 5.45. The fraction of sp³-hybridized carbons (Fsp3) is 0. The summed E-state index contributed by atoms with van der Waals surface area (Å²) in [7, 11) is 0. The minimum Gasteiger partial charge on any atom is -0.396 e. The van der Waals surface area contributed by atoms with Gasteiger partial charge in [0.1, 0.15) is 6.33 Å². The van der Waals surface area contributed by atoms with Crippen molar-refractivity contribution in [2.24, 2.45) is 0 Å². The SMILES string of the molecule is Nc1cnc(-c2cncnc2)nc1. The molecule has 0 amide bonds. The van der Waals surface area contributed by atoms with Gasteiger partial charge in [0.2, 0.25) is 0 Å². The third-order valence-electron chi connectivity index (χ3n) is 1.49. The van der Waals surface area contributed by atoms with Crippen molar-refractivity contribution in [3.05, 3.63) is 31.1 Å². The first-order chi connectivity index (χ1) is 6.36. The van der Waals surface area contributed by atoms with Gasteiger partial charge in [0.25, 0.3) is 0 Å². The van der Waals surface area contributed by atoms with Crippen molar-refractivity contribution in [1.82, 2.24) is 19.9 Å². The van der Waals surface area contributed by atoms with Crippen molar-refractivity contribution in [2.45, 2.75) is 0 Å². The molecule has 13 heavy (non-hydrogen) atoms. The monoisotopic (exact) mass is 173 g/mol. The number of hydrogen-bond donors (Lipinski definition) is 1. The molecule has 0 saturated carbocycles. The van der Waals surface area contributed by atoms with Crippen LogP contribution in [0.5, 0.6) is 0 Å². The Morgan fingerprint density at radius 1 is 0.923 bits per heavy atom. The lowest BCUT2D eigenvalue weighted by Crippen LogP contribution is -1.92. The van der Waals surface area contributed by atoms with E-state index in [-0.39, 0.29) is 0 Å². The molecule has 2 aromatic heterocycles. The van der Waals surface area contributed by atoms with Gasteiger partial charge in [-0.05, 0) is 0 Å². The van der Waals surface area contributed by atoms with E-state index in [1.54, 1.807) is 24.8 Å². The van der Waals surface area contributed by atoms with Gasteiger partial charge in [-0.2, -0.15) is 0 Å². The van der Waals surface area contributed by atoms with E-state index in [0.29, 0.717) is 11.5 Å². The average Bonchev–Trinajstić information content (AvgIpc) is 2.20. The molecule has 0 aromatic carbocycles. The van der Waals surface area contributed by atoms with Crippen LogP contribution >= 0.6 is 0 Å². The normalized spacial score (nSPS) is 9.85. The van der Waals surface area contributed by atoms with E-state index < -0.39 is 0 Å². The predicted octanol–water partition coefficient (Wildman–Crippen LogP) is 0.516. The van der Waals surface area contributed by atoms with Crippen molar-refractivity contribution in [3.63, 3.8) is 0 Å². The average molecular weight is 173 g/mol. The first kappa shape index (κ1) is 7.60. The maximum Gasteiger partial charge on any atom is 0.162 e. The molecule has 0 fully saturated rings. The zero-order valence-electron chi connectivity index (χ0n) is 6.75. The van der Waals surface area contributed by atoms with Crippen LogP contribution in [0.2, 0.25) is 0 Å². The summed E-state index contributed by atoms with van der Waals surface area (Å²) in [6.45, 7) is 0. The molecule has 64 valence electrons. The van der Waals surface area contributed by atoms with Crippen LogP contribution in [0, 0.1) is 0 Å². The second kappa shape index (κ2) is 3.14. The minimum atomic E-state index is 0.542. The van der Waals surface area contributed by atoms with Gasteiger partial charge in [-0.1, -0.05) is 0 Å². The van der Waals surface area contributed by atoms with E-state index in [1.165, 1.54) is 6.33 Å². The van der Waals surface area contributed by atoms with Crippen LogP contribution in [-0.2, 0) is 0 Å². The fourth-order valence-electron chi connectivity index (χ4n) is 0.902. The first-order valence-corrected chi connectivity index (χ1v) is 3.69. The summed E-state index contributed by atoms with van der Waals surface area (Å²) in [5.74, 6) is 0.579. The molecule has 0 radical (unpaired) electrons. The number of anilines is 1. The van der Waals surface area contributed by atoms with Crippen LogP contribution in [-0.4, -0.2) is 19.9 Å². The summed E-state index contributed by atoms with van der Waals surface area (Å²) in [6.07, 6.45) is 7.86. The zero-order chi connectivity index (χ0) is 9.10. The molecular weight excluding hydrogens is 166 g/mol. The second-order valence-corrected chi connectivity index (χ2v) is 2.47. The highest BCUT2D eigenvalue weighted by molar-refractivity contribution is 5.52. The lowest BCUT2D eigenvalue weighted by molar-refractivity contribution is 1.12. The Morgan fingerprint density at radius 3 is 2.15 bits per heavy atom. The maximum atomic E-state index is 5.45. The van der Waals surface area contributed by atoms with Gasteiger partial charge in [-0.3, -0.25) is 0 Å². The molecule has 0 aliphatic heterocycles. The van der Waals surface area contributed by atoms with Crippen molar-refractivity contribution >= 4 is 5.69 Å². The number of nitrogen functional groups attached to an aromatic ring is 1. The number of nitrogens with zero attached hydrogens (tertiary/aromatic N) is 4. The van der Waals surface area contributed by atoms with Crippen LogP contribution in [0.15, 0.2) is 31.1 Å². The number of hydrogen-bond acceptors (Lipinski definition) is 5. The lowest BCUT2D eigenvalue weighted by Gasteiger charge is -1.97. The van der Waals surface area contributed by atoms with Crippen molar-refractivity contribution in [1.29, 1.82) is 0 Å². The van der Waals surface area contributed by atoms with Gasteiger partial charge in [0.05, 0.1) is 23.6 Å². The van der Waals surface area contributed by atoms with Crippen LogP contribution in [0.1, 0.15) is 0 Å². The van der Waals surface area contributed by atoms with Gasteiger partial charge in [-0.25, -0.2) is 19.9 Å². The highest BCUT2D eigenvalue weighted by atomic mass is 14.9. The Labute approximate surface area is 74.7 Å². The molecule has 0 aliphatic carbocycles. The predicted molar refractivity (Wildman–Crippen MR) is 47.5 cm³/mol. The summed E-state index contributed by atoms with van der Waals surface area (Å²) >= 11 is 0. The van der Waals surface area contributed by atoms with E-state index in [2.05, 4.69) is 19.9 Å². The quantitative estimate of drug-likeness (QED) is 0.680. The van der Waals surface area contributed by atoms with Crippen LogP contribution in [0.25, 0.3) is 11.4 Å². The molecule has 0 bridgehead atoms.